The summed E-state index contributed by atoms with van der Waals surface area (Å²) in [5.74, 6) is 1.17. The lowest BCUT2D eigenvalue weighted by Gasteiger charge is -2.12. The van der Waals surface area contributed by atoms with Crippen molar-refractivity contribution in [3.8, 4) is 23.5 Å². The van der Waals surface area contributed by atoms with Crippen LogP contribution >= 0.6 is 11.6 Å². The molecule has 154 valence electrons. The molecule has 4 rings (SSSR count). The van der Waals surface area contributed by atoms with Crippen LogP contribution in [0.25, 0.3) is 5.82 Å². The van der Waals surface area contributed by atoms with Crippen molar-refractivity contribution in [3.05, 3.63) is 101 Å². The first kappa shape index (κ1) is 20.4. The molecular weight excluding hydrogens is 419 g/mol. The standard InChI is InChI=1S/C23H16ClFN4O2/c24-20-6-3-18(11-21(20)30-14-16-1-4-19(25)5-2-16)15-31-23-8-10-28-29(23)22-12-17(13-26)7-9-27-22/h1-12H,14-15H2. The summed E-state index contributed by atoms with van der Waals surface area (Å²) < 4.78 is 26.2. The van der Waals surface area contributed by atoms with E-state index in [0.29, 0.717) is 28.0 Å². The van der Waals surface area contributed by atoms with Crippen LogP contribution in [0.3, 0.4) is 0 Å². The van der Waals surface area contributed by atoms with Gasteiger partial charge in [0.25, 0.3) is 0 Å². The number of aromatic nitrogens is 3. The minimum absolute atomic E-state index is 0.244. The Hall–Kier alpha value is -3.89. The lowest BCUT2D eigenvalue weighted by atomic mass is 10.2. The molecule has 0 fully saturated rings. The third-order valence-electron chi connectivity index (χ3n) is 4.39. The summed E-state index contributed by atoms with van der Waals surface area (Å²) in [6.45, 7) is 0.506. The van der Waals surface area contributed by atoms with Crippen molar-refractivity contribution in [1.29, 1.82) is 5.26 Å². The molecule has 0 radical (unpaired) electrons. The van der Waals surface area contributed by atoms with Crippen molar-refractivity contribution in [2.75, 3.05) is 0 Å². The molecule has 4 aromatic rings. The Labute approximate surface area is 183 Å². The van der Waals surface area contributed by atoms with Gasteiger partial charge in [0.15, 0.2) is 5.82 Å². The minimum atomic E-state index is -0.297. The quantitative estimate of drug-likeness (QED) is 0.405. The van der Waals surface area contributed by atoms with Crippen molar-refractivity contribution in [2.24, 2.45) is 0 Å². The van der Waals surface area contributed by atoms with Gasteiger partial charge in [0.05, 0.1) is 22.9 Å². The summed E-state index contributed by atoms with van der Waals surface area (Å²) in [6, 6.07) is 18.5. The highest BCUT2D eigenvalue weighted by Gasteiger charge is 2.10. The fourth-order valence-corrected chi connectivity index (χ4v) is 3.00. The van der Waals surface area contributed by atoms with Crippen LogP contribution in [0, 0.1) is 17.1 Å². The molecule has 6 nitrogen and oxygen atoms in total. The number of ether oxygens (including phenoxy) is 2. The first-order valence-electron chi connectivity index (χ1n) is 9.31. The van der Waals surface area contributed by atoms with Crippen molar-refractivity contribution in [2.45, 2.75) is 13.2 Å². The number of hydrogen-bond donors (Lipinski definition) is 0. The van der Waals surface area contributed by atoms with Gasteiger partial charge in [0.2, 0.25) is 5.88 Å². The first-order chi connectivity index (χ1) is 15.1. The van der Waals surface area contributed by atoms with Gasteiger partial charge >= 0.3 is 0 Å². The van der Waals surface area contributed by atoms with Crippen LogP contribution in [0.4, 0.5) is 4.39 Å². The van der Waals surface area contributed by atoms with Crippen LogP contribution in [0.15, 0.2) is 73.1 Å². The van der Waals surface area contributed by atoms with Gasteiger partial charge in [-0.15, -0.1) is 0 Å². The Morgan fingerprint density at radius 1 is 0.935 bits per heavy atom. The van der Waals surface area contributed by atoms with Crippen LogP contribution in [0.1, 0.15) is 16.7 Å². The second-order valence-corrected chi connectivity index (χ2v) is 6.97. The zero-order chi connectivity index (χ0) is 21.6. The Bertz CT molecular complexity index is 1240. The highest BCUT2D eigenvalue weighted by atomic mass is 35.5. The summed E-state index contributed by atoms with van der Waals surface area (Å²) in [7, 11) is 0. The van der Waals surface area contributed by atoms with Crippen molar-refractivity contribution >= 4 is 11.6 Å². The van der Waals surface area contributed by atoms with E-state index in [2.05, 4.69) is 16.2 Å². The SMILES string of the molecule is N#Cc1ccnc(-n2nccc2OCc2ccc(Cl)c(OCc3ccc(F)cc3)c2)c1. The summed E-state index contributed by atoms with van der Waals surface area (Å²) in [5, 5.41) is 13.8. The van der Waals surface area contributed by atoms with E-state index in [4.69, 9.17) is 26.3 Å². The van der Waals surface area contributed by atoms with Crippen LogP contribution in [-0.4, -0.2) is 14.8 Å². The molecule has 0 unspecified atom stereocenters. The number of pyridine rings is 1. The van der Waals surface area contributed by atoms with E-state index in [0.717, 1.165) is 11.1 Å². The average molecular weight is 435 g/mol. The van der Waals surface area contributed by atoms with Crippen molar-refractivity contribution in [1.82, 2.24) is 14.8 Å². The van der Waals surface area contributed by atoms with Gasteiger partial charge in [-0.25, -0.2) is 9.37 Å². The third kappa shape index (κ3) is 5.00. The van der Waals surface area contributed by atoms with E-state index in [-0.39, 0.29) is 19.0 Å². The highest BCUT2D eigenvalue weighted by Crippen LogP contribution is 2.27. The summed E-state index contributed by atoms with van der Waals surface area (Å²) in [5.41, 5.74) is 2.15. The molecular formula is C23H16ClFN4O2. The summed E-state index contributed by atoms with van der Waals surface area (Å²) in [6.07, 6.45) is 3.14. The minimum Gasteiger partial charge on any atom is -0.487 e. The summed E-state index contributed by atoms with van der Waals surface area (Å²) in [4.78, 5) is 4.24. The van der Waals surface area contributed by atoms with Gasteiger partial charge in [0, 0.05) is 18.3 Å². The maximum Gasteiger partial charge on any atom is 0.218 e. The second kappa shape index (κ2) is 9.28. The molecule has 31 heavy (non-hydrogen) atoms. The molecule has 0 aliphatic heterocycles. The smallest absolute Gasteiger partial charge is 0.218 e. The van der Waals surface area contributed by atoms with Gasteiger partial charge in [-0.3, -0.25) is 0 Å². The lowest BCUT2D eigenvalue weighted by molar-refractivity contribution is 0.280. The van der Waals surface area contributed by atoms with Crippen molar-refractivity contribution < 1.29 is 13.9 Å². The molecule has 2 aromatic carbocycles. The monoisotopic (exact) mass is 434 g/mol. The number of benzene rings is 2. The lowest BCUT2D eigenvalue weighted by Crippen LogP contribution is -2.05. The second-order valence-electron chi connectivity index (χ2n) is 6.56. The zero-order valence-electron chi connectivity index (χ0n) is 16.2. The fourth-order valence-electron chi connectivity index (χ4n) is 2.82. The van der Waals surface area contributed by atoms with Crippen LogP contribution in [0.2, 0.25) is 5.02 Å². The van der Waals surface area contributed by atoms with E-state index >= 15 is 0 Å². The maximum atomic E-state index is 13.0. The Kier molecular flexibility index (Phi) is 6.11. The molecule has 2 heterocycles. The number of halogens is 2. The number of nitrogens with zero attached hydrogens (tertiary/aromatic N) is 4. The average Bonchev–Trinajstić information content (AvgIpc) is 3.27. The van der Waals surface area contributed by atoms with Gasteiger partial charge in [0.1, 0.15) is 24.8 Å². The third-order valence-corrected chi connectivity index (χ3v) is 4.70. The molecule has 0 N–H and O–H groups in total. The molecule has 0 bridgehead atoms. The molecule has 0 spiro atoms. The molecule has 0 atom stereocenters. The molecule has 0 aliphatic carbocycles. The Morgan fingerprint density at radius 2 is 1.71 bits per heavy atom. The van der Waals surface area contributed by atoms with Crippen LogP contribution < -0.4 is 9.47 Å². The predicted molar refractivity (Wildman–Crippen MR) is 113 cm³/mol. The normalized spacial score (nSPS) is 10.5. The molecule has 0 saturated heterocycles. The molecule has 0 saturated carbocycles. The molecule has 0 aliphatic rings. The number of hydrogen-bond acceptors (Lipinski definition) is 5. The zero-order valence-corrected chi connectivity index (χ0v) is 17.0. The Balaban J connectivity index is 1.45. The van der Waals surface area contributed by atoms with Gasteiger partial charge < -0.3 is 9.47 Å². The largest absolute Gasteiger partial charge is 0.487 e. The van der Waals surface area contributed by atoms with Gasteiger partial charge in [-0.05, 0) is 41.5 Å². The van der Waals surface area contributed by atoms with Crippen molar-refractivity contribution in [3.63, 3.8) is 0 Å². The molecule has 8 heteroatoms. The number of nitriles is 1. The number of rotatable bonds is 7. The highest BCUT2D eigenvalue weighted by molar-refractivity contribution is 6.32. The maximum absolute atomic E-state index is 13.0. The predicted octanol–water partition coefficient (Wildman–Crippen LogP) is 5.09. The van der Waals surface area contributed by atoms with Gasteiger partial charge in [-0.1, -0.05) is 29.8 Å². The Morgan fingerprint density at radius 3 is 2.52 bits per heavy atom. The topological polar surface area (TPSA) is 73.0 Å². The van der Waals surface area contributed by atoms with Gasteiger partial charge in [-0.2, -0.15) is 15.0 Å². The first-order valence-corrected chi connectivity index (χ1v) is 9.69. The fraction of sp³-hybridized carbons (Fsp3) is 0.0870. The van der Waals surface area contributed by atoms with E-state index < -0.39 is 0 Å². The van der Waals surface area contributed by atoms with E-state index in [9.17, 15) is 4.39 Å². The van der Waals surface area contributed by atoms with Crippen LogP contribution in [-0.2, 0) is 13.2 Å². The van der Waals surface area contributed by atoms with E-state index in [1.807, 2.05) is 6.07 Å². The van der Waals surface area contributed by atoms with Crippen LogP contribution in [0.5, 0.6) is 11.6 Å². The van der Waals surface area contributed by atoms with E-state index in [1.165, 1.54) is 16.8 Å². The van der Waals surface area contributed by atoms with E-state index in [1.54, 1.807) is 54.9 Å². The summed E-state index contributed by atoms with van der Waals surface area (Å²) >= 11 is 6.25. The molecule has 2 aromatic heterocycles. The molecule has 0 amide bonds.